The maximum atomic E-state index is 10.1. The van der Waals surface area contributed by atoms with Crippen LogP contribution in [0, 0.1) is 0 Å². The molecule has 32 heavy (non-hydrogen) atoms. The second-order valence-electron chi connectivity index (χ2n) is 8.08. The summed E-state index contributed by atoms with van der Waals surface area (Å²) in [5.41, 5.74) is 4.05. The zero-order valence-corrected chi connectivity index (χ0v) is 18.1. The summed E-state index contributed by atoms with van der Waals surface area (Å²) in [6.45, 7) is 1.61. The highest BCUT2D eigenvalue weighted by Crippen LogP contribution is 2.37. The van der Waals surface area contributed by atoms with Gasteiger partial charge in [-0.25, -0.2) is 19.9 Å². The smallest absolute Gasteiger partial charge is 0.232 e. The number of methoxy groups -OCH3 is 1. The second-order valence-corrected chi connectivity index (χ2v) is 8.46. The molecule has 11 heteroatoms. The average Bonchev–Trinajstić information content (AvgIpc) is 3.34. The first kappa shape index (κ1) is 19.6. The van der Waals surface area contributed by atoms with Crippen molar-refractivity contribution in [2.24, 2.45) is 0 Å². The summed E-state index contributed by atoms with van der Waals surface area (Å²) in [6.07, 6.45) is 3.75. The lowest BCUT2D eigenvalue weighted by Crippen LogP contribution is -2.52. The van der Waals surface area contributed by atoms with Crippen LogP contribution in [0.1, 0.15) is 18.5 Å². The van der Waals surface area contributed by atoms with Crippen molar-refractivity contribution in [3.63, 3.8) is 0 Å². The molecule has 2 atom stereocenters. The van der Waals surface area contributed by atoms with Crippen LogP contribution in [0.4, 0.5) is 5.82 Å². The first-order valence-corrected chi connectivity index (χ1v) is 10.9. The average molecular weight is 453 g/mol. The summed E-state index contributed by atoms with van der Waals surface area (Å²) in [4.78, 5) is 20.7. The fourth-order valence-electron chi connectivity index (χ4n) is 4.81. The van der Waals surface area contributed by atoms with Crippen molar-refractivity contribution >= 4 is 39.6 Å². The van der Waals surface area contributed by atoms with Crippen molar-refractivity contribution < 1.29 is 9.84 Å². The number of halogens is 1. The third kappa shape index (κ3) is 2.90. The maximum Gasteiger partial charge on any atom is 0.232 e. The predicted molar refractivity (Wildman–Crippen MR) is 120 cm³/mol. The van der Waals surface area contributed by atoms with E-state index in [1.54, 1.807) is 6.20 Å². The van der Waals surface area contributed by atoms with Gasteiger partial charge in [0, 0.05) is 30.7 Å². The van der Waals surface area contributed by atoms with Gasteiger partial charge in [0.2, 0.25) is 11.5 Å². The van der Waals surface area contributed by atoms with E-state index in [0.717, 1.165) is 25.9 Å². The van der Waals surface area contributed by atoms with E-state index in [1.807, 2.05) is 12.1 Å². The minimum absolute atomic E-state index is 0.208. The maximum absolute atomic E-state index is 10.1. The van der Waals surface area contributed by atoms with E-state index in [2.05, 4.69) is 30.4 Å². The molecule has 0 spiro atoms. The van der Waals surface area contributed by atoms with E-state index in [1.165, 1.54) is 7.11 Å². The second kappa shape index (κ2) is 7.51. The molecule has 2 aliphatic rings. The van der Waals surface area contributed by atoms with E-state index >= 15 is 0 Å². The highest BCUT2D eigenvalue weighted by molar-refractivity contribution is 6.38. The third-order valence-electron chi connectivity index (χ3n) is 6.32. The summed E-state index contributed by atoms with van der Waals surface area (Å²) in [5, 5.41) is 21.4. The molecule has 3 aromatic heterocycles. The van der Waals surface area contributed by atoms with Crippen LogP contribution in [0.25, 0.3) is 33.5 Å². The molecule has 2 bridgehead atoms. The van der Waals surface area contributed by atoms with Crippen LogP contribution in [0.2, 0.25) is 5.02 Å². The largest absolute Gasteiger partial charge is 0.480 e. The number of aromatic nitrogens is 6. The van der Waals surface area contributed by atoms with Gasteiger partial charge in [0.05, 0.1) is 36.1 Å². The quantitative estimate of drug-likeness (QED) is 0.426. The molecule has 5 heterocycles. The van der Waals surface area contributed by atoms with Crippen molar-refractivity contribution in [2.45, 2.75) is 31.5 Å². The number of aliphatic hydroxyl groups is 1. The van der Waals surface area contributed by atoms with Gasteiger partial charge in [-0.2, -0.15) is 5.10 Å². The Kier molecular flexibility index (Phi) is 4.60. The first-order chi connectivity index (χ1) is 15.7. The Morgan fingerprint density at radius 1 is 1.16 bits per heavy atom. The molecule has 4 aromatic rings. The minimum Gasteiger partial charge on any atom is -0.480 e. The number of ether oxygens (including phenoxy) is 1. The molecule has 0 aliphatic carbocycles. The van der Waals surface area contributed by atoms with Gasteiger partial charge in [-0.15, -0.1) is 0 Å². The van der Waals surface area contributed by atoms with Crippen LogP contribution in [0.15, 0.2) is 18.3 Å². The number of nitrogens with zero attached hydrogens (tertiary/aromatic N) is 6. The topological polar surface area (TPSA) is 125 Å². The fraction of sp³-hybridized carbons (Fsp3) is 0.381. The van der Waals surface area contributed by atoms with Crippen molar-refractivity contribution in [3.05, 3.63) is 29.0 Å². The molecule has 3 N–H and O–H groups in total. The normalized spacial score (nSPS) is 20.4. The summed E-state index contributed by atoms with van der Waals surface area (Å²) < 4.78 is 5.19. The predicted octanol–water partition coefficient (Wildman–Crippen LogP) is 2.06. The lowest BCUT2D eigenvalue weighted by molar-refractivity contribution is 0.276. The van der Waals surface area contributed by atoms with Crippen LogP contribution in [0.5, 0.6) is 5.88 Å². The number of anilines is 1. The van der Waals surface area contributed by atoms with E-state index in [9.17, 15) is 5.11 Å². The highest BCUT2D eigenvalue weighted by Gasteiger charge is 2.39. The van der Waals surface area contributed by atoms with Crippen LogP contribution in [-0.4, -0.2) is 67.5 Å². The van der Waals surface area contributed by atoms with Gasteiger partial charge in [0.1, 0.15) is 16.7 Å². The molecule has 0 unspecified atom stereocenters. The number of nitrogens with one attached hydrogen (secondary N) is 2. The lowest BCUT2D eigenvalue weighted by atomic mass is 10.1. The number of aliphatic hydroxyl groups excluding tert-OH is 1. The first-order valence-electron chi connectivity index (χ1n) is 10.5. The van der Waals surface area contributed by atoms with E-state index < -0.39 is 0 Å². The number of hydrogen-bond acceptors (Lipinski definition) is 9. The molecular formula is C21H21ClN8O2. The Labute approximate surface area is 188 Å². The van der Waals surface area contributed by atoms with Crippen molar-refractivity contribution in [2.75, 3.05) is 25.1 Å². The van der Waals surface area contributed by atoms with Crippen molar-refractivity contribution in [1.29, 1.82) is 0 Å². The van der Waals surface area contributed by atoms with Gasteiger partial charge < -0.3 is 20.1 Å². The third-order valence-corrected chi connectivity index (χ3v) is 6.71. The Hall–Kier alpha value is -3.08. The molecule has 0 amide bonds. The summed E-state index contributed by atoms with van der Waals surface area (Å²) >= 11 is 6.72. The number of benzene rings is 1. The molecule has 0 saturated carbocycles. The van der Waals surface area contributed by atoms with Crippen LogP contribution >= 0.6 is 11.6 Å². The number of hydrogen-bond donors (Lipinski definition) is 3. The number of fused-ring (bicyclic) bond motifs is 4. The summed E-state index contributed by atoms with van der Waals surface area (Å²) in [7, 11) is 1.53. The molecule has 1 aromatic carbocycles. The van der Waals surface area contributed by atoms with E-state index in [-0.39, 0.29) is 6.61 Å². The molecule has 2 fully saturated rings. The van der Waals surface area contributed by atoms with Crippen LogP contribution in [-0.2, 0) is 6.61 Å². The molecule has 0 radical (unpaired) electrons. The standard InChI is InChI=1S/C21H21ClN8O2/c1-32-15-8-24-13-5-4-12(16(22)18(13)26-15)17-19-20(29-28-17)27-21(14(9-31)25-19)30-10-2-3-11(30)7-23-6-10/h4-5,8,10-11,23,31H,2-3,6-7,9H2,1H3,(H,27,28,29)/t10-,11+. The van der Waals surface area contributed by atoms with Gasteiger partial charge in [-0.3, -0.25) is 5.10 Å². The van der Waals surface area contributed by atoms with Gasteiger partial charge in [-0.05, 0) is 25.0 Å². The lowest BCUT2D eigenvalue weighted by Gasteiger charge is -2.36. The van der Waals surface area contributed by atoms with E-state index in [4.69, 9.17) is 26.3 Å². The number of aromatic amines is 1. The number of H-pyrrole nitrogens is 1. The Morgan fingerprint density at radius 3 is 2.72 bits per heavy atom. The Bertz CT molecular complexity index is 1330. The Morgan fingerprint density at radius 2 is 1.97 bits per heavy atom. The number of rotatable bonds is 4. The molecule has 6 rings (SSSR count). The van der Waals surface area contributed by atoms with Gasteiger partial charge in [-0.1, -0.05) is 11.6 Å². The molecule has 2 saturated heterocycles. The van der Waals surface area contributed by atoms with Gasteiger partial charge >= 0.3 is 0 Å². The molecule has 164 valence electrons. The van der Waals surface area contributed by atoms with Gasteiger partial charge in [0.15, 0.2) is 5.82 Å². The highest BCUT2D eigenvalue weighted by atomic mass is 35.5. The fourth-order valence-corrected chi connectivity index (χ4v) is 5.10. The number of piperazine rings is 1. The van der Waals surface area contributed by atoms with Crippen molar-refractivity contribution in [3.8, 4) is 17.1 Å². The van der Waals surface area contributed by atoms with Crippen LogP contribution in [0.3, 0.4) is 0 Å². The zero-order valence-electron chi connectivity index (χ0n) is 17.3. The summed E-state index contributed by atoms with van der Waals surface area (Å²) in [5.74, 6) is 1.09. The van der Waals surface area contributed by atoms with Gasteiger partial charge in [0.25, 0.3) is 0 Å². The SMILES string of the molecule is COc1cnc2ccc(-c3[nH]nc4nc(N5[C@@H]6CC[C@H]5CNC6)c(CO)nc34)c(Cl)c2n1. The van der Waals surface area contributed by atoms with E-state index in [0.29, 0.717) is 68.0 Å². The Balaban J connectivity index is 1.49. The molecule has 2 aliphatic heterocycles. The molecule has 10 nitrogen and oxygen atoms in total. The minimum atomic E-state index is -0.208. The molecular weight excluding hydrogens is 432 g/mol. The summed E-state index contributed by atoms with van der Waals surface area (Å²) in [6, 6.07) is 4.40. The monoisotopic (exact) mass is 452 g/mol. The zero-order chi connectivity index (χ0) is 21.8. The van der Waals surface area contributed by atoms with Crippen LogP contribution < -0.4 is 15.0 Å². The van der Waals surface area contributed by atoms with Crippen molar-refractivity contribution in [1.82, 2.24) is 35.5 Å².